The fourth-order valence-electron chi connectivity index (χ4n) is 5.12. The van der Waals surface area contributed by atoms with Gasteiger partial charge in [0, 0.05) is 49.4 Å². The van der Waals surface area contributed by atoms with Gasteiger partial charge in [-0.1, -0.05) is 0 Å². The lowest BCUT2D eigenvalue weighted by Crippen LogP contribution is -2.53. The van der Waals surface area contributed by atoms with Gasteiger partial charge in [-0.2, -0.15) is 20.1 Å². The number of rotatable bonds is 5. The molecule has 9 nitrogen and oxygen atoms in total. The van der Waals surface area contributed by atoms with Gasteiger partial charge in [0.25, 0.3) is 0 Å². The summed E-state index contributed by atoms with van der Waals surface area (Å²) in [5.41, 5.74) is 1.16. The molecule has 2 aromatic heterocycles. The zero-order valence-corrected chi connectivity index (χ0v) is 17.3. The van der Waals surface area contributed by atoms with Crippen LogP contribution in [0.15, 0.2) is 6.07 Å². The maximum absolute atomic E-state index is 13.9. The van der Waals surface area contributed by atoms with E-state index in [-0.39, 0.29) is 0 Å². The number of nitrogens with one attached hydrogen (secondary N) is 2. The molecule has 2 N–H and O–H groups in total. The van der Waals surface area contributed by atoms with Crippen molar-refractivity contribution >= 4 is 23.7 Å². The standard InChI is InChI=1S/C20H28FN9/c1-28-10-14-4-5-15(11-28)30(14)20-24-18(22-17-8-16(26-27-17)12-2-3-12)23-19(25-20)29-7-6-13(21)9-29/h8,12-15H,2-7,9-11H2,1H3,(H2,22,23,24,25,26,27)/t13-,14+,15+/m1/s1. The van der Waals surface area contributed by atoms with Crippen LogP contribution in [0.5, 0.6) is 0 Å². The van der Waals surface area contributed by atoms with Gasteiger partial charge in [-0.15, -0.1) is 0 Å². The summed E-state index contributed by atoms with van der Waals surface area (Å²) in [7, 11) is 2.18. The first-order valence-electron chi connectivity index (χ1n) is 11.1. The van der Waals surface area contributed by atoms with E-state index >= 15 is 0 Å². The predicted molar refractivity (Wildman–Crippen MR) is 112 cm³/mol. The Morgan fingerprint density at radius 2 is 1.77 bits per heavy atom. The molecular weight excluding hydrogens is 385 g/mol. The number of aromatic amines is 1. The Labute approximate surface area is 175 Å². The highest BCUT2D eigenvalue weighted by molar-refractivity contribution is 5.54. The number of anilines is 4. The molecule has 4 fully saturated rings. The molecule has 2 aromatic rings. The third-order valence-corrected chi connectivity index (χ3v) is 6.78. The predicted octanol–water partition coefficient (Wildman–Crippen LogP) is 2.05. The van der Waals surface area contributed by atoms with Crippen LogP contribution < -0.4 is 15.1 Å². The Kier molecular flexibility index (Phi) is 4.29. The zero-order valence-electron chi connectivity index (χ0n) is 17.3. The quantitative estimate of drug-likeness (QED) is 0.770. The molecular formula is C20H28FN9. The Balaban J connectivity index is 1.33. The fraction of sp³-hybridized carbons (Fsp3) is 0.700. The maximum atomic E-state index is 13.9. The van der Waals surface area contributed by atoms with Gasteiger partial charge < -0.3 is 20.0 Å². The van der Waals surface area contributed by atoms with Crippen LogP contribution >= 0.6 is 0 Å². The molecule has 0 spiro atoms. The van der Waals surface area contributed by atoms with E-state index < -0.39 is 6.17 Å². The molecule has 2 bridgehead atoms. The first-order chi connectivity index (χ1) is 14.6. The number of likely N-dealkylation sites (tertiary alicyclic amines) is 1. The first kappa shape index (κ1) is 18.3. The molecule has 3 saturated heterocycles. The lowest BCUT2D eigenvalue weighted by Gasteiger charge is -2.39. The van der Waals surface area contributed by atoms with Gasteiger partial charge in [0.1, 0.15) is 6.17 Å². The molecule has 4 aliphatic rings. The molecule has 3 atom stereocenters. The summed E-state index contributed by atoms with van der Waals surface area (Å²) in [6, 6.07) is 2.86. The summed E-state index contributed by atoms with van der Waals surface area (Å²) >= 11 is 0. The average molecular weight is 414 g/mol. The SMILES string of the molecule is CN1C[C@@H]2CC[C@@H](C1)N2c1nc(Nc2cc(C3CC3)[nH]n2)nc(N2CC[C@@H](F)C2)n1. The van der Waals surface area contributed by atoms with Crippen LogP contribution in [0.25, 0.3) is 0 Å². The van der Waals surface area contributed by atoms with E-state index in [1.165, 1.54) is 12.8 Å². The minimum atomic E-state index is -0.825. The molecule has 5 heterocycles. The summed E-state index contributed by atoms with van der Waals surface area (Å²) < 4.78 is 13.9. The number of aromatic nitrogens is 5. The molecule has 1 saturated carbocycles. The molecule has 0 aromatic carbocycles. The molecule has 0 unspecified atom stereocenters. The summed E-state index contributed by atoms with van der Waals surface area (Å²) in [5.74, 6) is 3.04. The van der Waals surface area contributed by atoms with Crippen molar-refractivity contribution in [2.24, 2.45) is 0 Å². The van der Waals surface area contributed by atoms with Crippen molar-refractivity contribution in [3.05, 3.63) is 11.8 Å². The number of halogens is 1. The topological polar surface area (TPSA) is 89.1 Å². The highest BCUT2D eigenvalue weighted by Crippen LogP contribution is 2.40. The third kappa shape index (κ3) is 3.36. The molecule has 30 heavy (non-hydrogen) atoms. The van der Waals surface area contributed by atoms with E-state index in [4.69, 9.17) is 9.97 Å². The van der Waals surface area contributed by atoms with Crippen molar-refractivity contribution < 1.29 is 4.39 Å². The summed E-state index contributed by atoms with van der Waals surface area (Å²) in [4.78, 5) is 20.9. The van der Waals surface area contributed by atoms with Crippen LogP contribution in [0.1, 0.15) is 43.7 Å². The second kappa shape index (κ2) is 7.04. The Morgan fingerprint density at radius 3 is 2.47 bits per heavy atom. The van der Waals surface area contributed by atoms with Crippen molar-refractivity contribution in [3.8, 4) is 0 Å². The van der Waals surface area contributed by atoms with E-state index in [9.17, 15) is 4.39 Å². The molecule has 6 rings (SSSR count). The minimum Gasteiger partial charge on any atom is -0.338 e. The van der Waals surface area contributed by atoms with E-state index in [2.05, 4.69) is 37.3 Å². The number of hydrogen-bond donors (Lipinski definition) is 2. The van der Waals surface area contributed by atoms with E-state index in [1.807, 2.05) is 11.0 Å². The van der Waals surface area contributed by atoms with Gasteiger partial charge in [0.15, 0.2) is 5.82 Å². The summed E-state index contributed by atoms with van der Waals surface area (Å²) in [6.45, 7) is 3.00. The van der Waals surface area contributed by atoms with E-state index in [0.717, 1.165) is 31.6 Å². The maximum Gasteiger partial charge on any atom is 0.235 e. The zero-order chi connectivity index (χ0) is 20.2. The van der Waals surface area contributed by atoms with Gasteiger partial charge in [0.05, 0.1) is 6.54 Å². The number of hydrogen-bond acceptors (Lipinski definition) is 8. The Bertz CT molecular complexity index is 915. The highest BCUT2D eigenvalue weighted by atomic mass is 19.1. The lowest BCUT2D eigenvalue weighted by atomic mass is 10.2. The number of alkyl halides is 1. The normalized spacial score (nSPS) is 29.1. The van der Waals surface area contributed by atoms with E-state index in [1.54, 1.807) is 0 Å². The molecule has 0 radical (unpaired) electrons. The first-order valence-corrected chi connectivity index (χ1v) is 11.1. The molecule has 160 valence electrons. The van der Waals surface area contributed by atoms with Gasteiger partial charge in [-0.05, 0) is 39.2 Å². The third-order valence-electron chi connectivity index (χ3n) is 6.78. The molecule has 3 aliphatic heterocycles. The van der Waals surface area contributed by atoms with Gasteiger partial charge >= 0.3 is 0 Å². The van der Waals surface area contributed by atoms with Crippen LogP contribution in [-0.4, -0.2) is 81.5 Å². The van der Waals surface area contributed by atoms with Crippen molar-refractivity contribution in [1.82, 2.24) is 30.0 Å². The molecule has 10 heteroatoms. The van der Waals surface area contributed by atoms with Crippen molar-refractivity contribution in [1.29, 1.82) is 0 Å². The Morgan fingerprint density at radius 1 is 1.00 bits per heavy atom. The van der Waals surface area contributed by atoms with Gasteiger partial charge in [-0.3, -0.25) is 5.10 Å². The monoisotopic (exact) mass is 413 g/mol. The van der Waals surface area contributed by atoms with Crippen molar-refractivity contribution in [2.75, 3.05) is 48.3 Å². The smallest absolute Gasteiger partial charge is 0.235 e. The number of likely N-dealkylation sites (N-methyl/N-ethyl adjacent to an activating group) is 1. The number of fused-ring (bicyclic) bond motifs is 2. The fourth-order valence-corrected chi connectivity index (χ4v) is 5.12. The molecule has 0 amide bonds. The largest absolute Gasteiger partial charge is 0.338 e. The van der Waals surface area contributed by atoms with Crippen LogP contribution in [0, 0.1) is 0 Å². The Hall–Kier alpha value is -2.49. The second-order valence-electron chi connectivity index (χ2n) is 9.21. The number of piperazine rings is 1. The van der Waals surface area contributed by atoms with Crippen LogP contribution in [0.2, 0.25) is 0 Å². The van der Waals surface area contributed by atoms with Crippen LogP contribution in [0.3, 0.4) is 0 Å². The second-order valence-corrected chi connectivity index (χ2v) is 9.21. The summed E-state index contributed by atoms with van der Waals surface area (Å²) in [6.07, 6.45) is 4.43. The lowest BCUT2D eigenvalue weighted by molar-refractivity contribution is 0.262. The van der Waals surface area contributed by atoms with E-state index in [0.29, 0.717) is 61.2 Å². The van der Waals surface area contributed by atoms with Gasteiger partial charge in [-0.25, -0.2) is 4.39 Å². The minimum absolute atomic E-state index is 0.340. The number of nitrogens with zero attached hydrogens (tertiary/aromatic N) is 7. The van der Waals surface area contributed by atoms with Crippen molar-refractivity contribution in [2.45, 2.75) is 56.3 Å². The molecule has 1 aliphatic carbocycles. The van der Waals surface area contributed by atoms with Gasteiger partial charge in [0.2, 0.25) is 17.8 Å². The summed E-state index contributed by atoms with van der Waals surface area (Å²) in [5, 5.41) is 10.7. The average Bonchev–Trinajstić information content (AvgIpc) is 3.20. The highest BCUT2D eigenvalue weighted by Gasteiger charge is 2.41. The number of H-pyrrole nitrogens is 1. The van der Waals surface area contributed by atoms with Crippen LogP contribution in [0.4, 0.5) is 28.1 Å². The van der Waals surface area contributed by atoms with Crippen LogP contribution in [-0.2, 0) is 0 Å². The van der Waals surface area contributed by atoms with Crippen molar-refractivity contribution in [3.63, 3.8) is 0 Å².